The van der Waals surface area contributed by atoms with E-state index in [9.17, 15) is 13.5 Å². The first-order valence-electron chi connectivity index (χ1n) is 9.62. The first-order chi connectivity index (χ1) is 14.9. The van der Waals surface area contributed by atoms with E-state index in [1.807, 2.05) is 54.6 Å². The van der Waals surface area contributed by atoms with Crippen molar-refractivity contribution in [2.75, 3.05) is 5.75 Å². The number of rotatable bonds is 6. The van der Waals surface area contributed by atoms with Crippen molar-refractivity contribution >= 4 is 32.2 Å². The monoisotopic (exact) mass is 448 g/mol. The van der Waals surface area contributed by atoms with Crippen LogP contribution in [0.5, 0.6) is 0 Å². The lowest BCUT2D eigenvalue weighted by Crippen LogP contribution is -2.20. The molecule has 0 saturated heterocycles. The van der Waals surface area contributed by atoms with Gasteiger partial charge in [0.2, 0.25) is 0 Å². The number of fused-ring (bicyclic) bond motifs is 1. The molecule has 0 unspecified atom stereocenters. The molecule has 0 bridgehead atoms. The topological polar surface area (TPSA) is 83.1 Å². The summed E-state index contributed by atoms with van der Waals surface area (Å²) < 4.78 is 26.2. The molecular formula is C24H20N2O3S2. The Balaban J connectivity index is 1.51. The molecular weight excluding hydrogens is 428 g/mol. The number of thiophene rings is 1. The summed E-state index contributed by atoms with van der Waals surface area (Å²) in [4.78, 5) is 8.31. The molecule has 156 valence electrons. The maximum atomic E-state index is 13.0. The van der Waals surface area contributed by atoms with Crippen LogP contribution in [0.4, 0.5) is 0 Å². The molecule has 0 radical (unpaired) electrons. The standard InChI is InChI=1S/C24H20N2O3S2/c1-17(27)19(15-23-25-21-9-5-6-10-22(21)26-23)16-31(28,29)24-14-13-20(30-24)12-11-18-7-3-2-4-8-18/h2-10,13-14,19,27H,1,15-16H2,(H,25,26)/t19-/m0/s1. The molecule has 0 amide bonds. The van der Waals surface area contributed by atoms with Crippen LogP contribution in [0.2, 0.25) is 0 Å². The van der Waals surface area contributed by atoms with E-state index in [0.717, 1.165) is 27.9 Å². The van der Waals surface area contributed by atoms with Crippen LogP contribution in [0, 0.1) is 17.8 Å². The number of para-hydroxylation sites is 2. The summed E-state index contributed by atoms with van der Waals surface area (Å²) >= 11 is 1.13. The molecule has 2 aromatic carbocycles. The number of nitrogens with zero attached hydrogens (tertiary/aromatic N) is 1. The molecule has 0 saturated carbocycles. The van der Waals surface area contributed by atoms with Crippen molar-refractivity contribution in [3.63, 3.8) is 0 Å². The lowest BCUT2D eigenvalue weighted by atomic mass is 10.1. The number of aliphatic hydroxyl groups excluding tert-OH is 1. The molecule has 0 aliphatic heterocycles. The quantitative estimate of drug-likeness (QED) is 0.330. The highest BCUT2D eigenvalue weighted by molar-refractivity contribution is 7.93. The van der Waals surface area contributed by atoms with E-state index in [1.165, 1.54) is 0 Å². The summed E-state index contributed by atoms with van der Waals surface area (Å²) in [5.74, 6) is 5.53. The van der Waals surface area contributed by atoms with Gasteiger partial charge in [0.1, 0.15) is 10.0 Å². The zero-order valence-electron chi connectivity index (χ0n) is 16.6. The maximum Gasteiger partial charge on any atom is 0.188 e. The average Bonchev–Trinajstić information content (AvgIpc) is 3.39. The average molecular weight is 449 g/mol. The van der Waals surface area contributed by atoms with Gasteiger partial charge in [0, 0.05) is 17.9 Å². The molecule has 4 rings (SSSR count). The minimum absolute atomic E-state index is 0.176. The van der Waals surface area contributed by atoms with Crippen LogP contribution in [-0.4, -0.2) is 29.2 Å². The number of aromatic amines is 1. The zero-order chi connectivity index (χ0) is 21.8. The second kappa shape index (κ2) is 8.80. The summed E-state index contributed by atoms with van der Waals surface area (Å²) in [6.45, 7) is 3.58. The predicted molar refractivity (Wildman–Crippen MR) is 124 cm³/mol. The fraction of sp³-hybridized carbons (Fsp3) is 0.125. The van der Waals surface area contributed by atoms with Crippen molar-refractivity contribution in [1.29, 1.82) is 0 Å². The van der Waals surface area contributed by atoms with Crippen LogP contribution in [0.1, 0.15) is 16.3 Å². The molecule has 4 aromatic rings. The summed E-state index contributed by atoms with van der Waals surface area (Å²) in [5, 5.41) is 10.1. The van der Waals surface area contributed by atoms with Gasteiger partial charge in [-0.1, -0.05) is 48.8 Å². The molecule has 5 nitrogen and oxygen atoms in total. The number of hydrogen-bond acceptors (Lipinski definition) is 5. The third-order valence-electron chi connectivity index (χ3n) is 4.76. The molecule has 0 fully saturated rings. The Labute approximate surface area is 185 Å². The molecule has 2 aromatic heterocycles. The SMILES string of the molecule is C=C(O)[C@@H](Cc1nc2ccccc2[nH]1)CS(=O)(=O)c1ccc(C#Cc2ccccc2)s1. The number of benzene rings is 2. The fourth-order valence-electron chi connectivity index (χ4n) is 3.17. The molecule has 2 heterocycles. The highest BCUT2D eigenvalue weighted by Gasteiger charge is 2.26. The molecule has 0 aliphatic carbocycles. The van der Waals surface area contributed by atoms with Gasteiger partial charge in [-0.05, 0) is 36.4 Å². The first-order valence-corrected chi connectivity index (χ1v) is 12.1. The van der Waals surface area contributed by atoms with Crippen molar-refractivity contribution < 1.29 is 13.5 Å². The van der Waals surface area contributed by atoms with Gasteiger partial charge in [0.25, 0.3) is 0 Å². The van der Waals surface area contributed by atoms with Crippen LogP contribution < -0.4 is 0 Å². The minimum Gasteiger partial charge on any atom is -0.513 e. The summed E-state index contributed by atoms with van der Waals surface area (Å²) in [5.41, 5.74) is 2.52. The van der Waals surface area contributed by atoms with Crippen molar-refractivity contribution in [2.45, 2.75) is 10.6 Å². The Morgan fingerprint density at radius 3 is 2.55 bits per heavy atom. The third-order valence-corrected chi connectivity index (χ3v) is 8.16. The smallest absolute Gasteiger partial charge is 0.188 e. The van der Waals surface area contributed by atoms with Gasteiger partial charge < -0.3 is 10.1 Å². The lowest BCUT2D eigenvalue weighted by Gasteiger charge is -2.14. The lowest BCUT2D eigenvalue weighted by molar-refractivity contribution is 0.341. The van der Waals surface area contributed by atoms with E-state index in [4.69, 9.17) is 0 Å². The second-order valence-electron chi connectivity index (χ2n) is 7.11. The van der Waals surface area contributed by atoms with Gasteiger partial charge in [-0.15, -0.1) is 11.3 Å². The first kappa shape index (κ1) is 20.9. The van der Waals surface area contributed by atoms with Gasteiger partial charge in [0.05, 0.1) is 27.4 Å². The maximum absolute atomic E-state index is 13.0. The molecule has 0 aliphatic rings. The van der Waals surface area contributed by atoms with E-state index in [0.29, 0.717) is 10.7 Å². The highest BCUT2D eigenvalue weighted by atomic mass is 32.2. The van der Waals surface area contributed by atoms with Crippen LogP contribution >= 0.6 is 11.3 Å². The van der Waals surface area contributed by atoms with Crippen molar-refractivity contribution in [3.8, 4) is 11.8 Å². The van der Waals surface area contributed by atoms with E-state index in [-0.39, 0.29) is 22.1 Å². The number of aromatic nitrogens is 2. The second-order valence-corrected chi connectivity index (χ2v) is 10.5. The van der Waals surface area contributed by atoms with Crippen LogP contribution in [0.25, 0.3) is 11.0 Å². The number of sulfone groups is 1. The Bertz CT molecular complexity index is 1360. The minimum atomic E-state index is -3.63. The zero-order valence-corrected chi connectivity index (χ0v) is 18.2. The highest BCUT2D eigenvalue weighted by Crippen LogP contribution is 2.26. The van der Waals surface area contributed by atoms with E-state index in [2.05, 4.69) is 28.4 Å². The number of nitrogens with one attached hydrogen (secondary N) is 1. The fourth-order valence-corrected chi connectivity index (χ4v) is 6.02. The third kappa shape index (κ3) is 5.05. The van der Waals surface area contributed by atoms with Gasteiger partial charge in [0.15, 0.2) is 9.84 Å². The number of H-pyrrole nitrogens is 1. The van der Waals surface area contributed by atoms with Gasteiger partial charge in [-0.3, -0.25) is 0 Å². The van der Waals surface area contributed by atoms with E-state index in [1.54, 1.807) is 12.1 Å². The number of allylic oxidation sites excluding steroid dienone is 1. The van der Waals surface area contributed by atoms with Crippen LogP contribution in [0.3, 0.4) is 0 Å². The molecule has 31 heavy (non-hydrogen) atoms. The van der Waals surface area contributed by atoms with Crippen LogP contribution in [0.15, 0.2) is 83.3 Å². The summed E-state index contributed by atoms with van der Waals surface area (Å²) in [6, 6.07) is 20.3. The Hall–Kier alpha value is -3.34. The number of aliphatic hydroxyl groups is 1. The number of hydrogen-bond donors (Lipinski definition) is 2. The van der Waals surface area contributed by atoms with Gasteiger partial charge in [-0.25, -0.2) is 13.4 Å². The van der Waals surface area contributed by atoms with Crippen molar-refractivity contribution in [3.05, 3.63) is 95.3 Å². The van der Waals surface area contributed by atoms with E-state index >= 15 is 0 Å². The Morgan fingerprint density at radius 2 is 1.81 bits per heavy atom. The van der Waals surface area contributed by atoms with Crippen molar-refractivity contribution in [2.24, 2.45) is 5.92 Å². The van der Waals surface area contributed by atoms with E-state index < -0.39 is 15.8 Å². The molecule has 7 heteroatoms. The Morgan fingerprint density at radius 1 is 1.06 bits per heavy atom. The molecule has 1 atom stereocenters. The Kier molecular flexibility index (Phi) is 5.94. The normalized spacial score (nSPS) is 12.3. The predicted octanol–water partition coefficient (Wildman–Crippen LogP) is 4.73. The summed E-state index contributed by atoms with van der Waals surface area (Å²) in [7, 11) is -3.63. The van der Waals surface area contributed by atoms with Gasteiger partial charge in [-0.2, -0.15) is 0 Å². The van der Waals surface area contributed by atoms with Gasteiger partial charge >= 0.3 is 0 Å². The van der Waals surface area contributed by atoms with Crippen LogP contribution in [-0.2, 0) is 16.3 Å². The summed E-state index contributed by atoms with van der Waals surface area (Å²) in [6.07, 6.45) is 0.245. The number of imidazole rings is 1. The molecule has 2 N–H and O–H groups in total. The van der Waals surface area contributed by atoms with Crippen molar-refractivity contribution in [1.82, 2.24) is 9.97 Å². The molecule has 0 spiro atoms. The largest absolute Gasteiger partial charge is 0.513 e.